The van der Waals surface area contributed by atoms with Gasteiger partial charge in [0, 0.05) is 32.3 Å². The van der Waals surface area contributed by atoms with E-state index in [0.717, 1.165) is 37.2 Å². The first-order chi connectivity index (χ1) is 10.2. The summed E-state index contributed by atoms with van der Waals surface area (Å²) in [6.45, 7) is 3.23. The van der Waals surface area contributed by atoms with Crippen LogP contribution in [0, 0.1) is 0 Å². The Labute approximate surface area is 126 Å². The summed E-state index contributed by atoms with van der Waals surface area (Å²) in [5, 5.41) is 10.1. The van der Waals surface area contributed by atoms with E-state index in [0.29, 0.717) is 13.1 Å². The molecular weight excluding hydrogens is 268 g/mol. The predicted molar refractivity (Wildman–Crippen MR) is 82.3 cm³/mol. The number of likely N-dealkylation sites (tertiary alicyclic amines) is 1. The molecule has 2 atom stereocenters. The third kappa shape index (κ3) is 4.97. The molecule has 0 bridgehead atoms. The average Bonchev–Trinajstić information content (AvgIpc) is 2.53. The van der Waals surface area contributed by atoms with Crippen LogP contribution in [0.1, 0.15) is 18.4 Å². The van der Waals surface area contributed by atoms with Crippen molar-refractivity contribution in [3.63, 3.8) is 0 Å². The minimum absolute atomic E-state index is 0.282. The number of aliphatic hydroxyl groups is 1. The van der Waals surface area contributed by atoms with Crippen LogP contribution < -0.4 is 10.5 Å². The van der Waals surface area contributed by atoms with Gasteiger partial charge in [-0.25, -0.2) is 0 Å². The normalized spacial score (nSPS) is 21.2. The number of aliphatic hydroxyl groups excluding tert-OH is 1. The number of methoxy groups -OCH3 is 1. The number of rotatable bonds is 7. The molecule has 0 amide bonds. The Kier molecular flexibility index (Phi) is 6.45. The maximum absolute atomic E-state index is 10.1. The van der Waals surface area contributed by atoms with E-state index in [1.54, 1.807) is 7.11 Å². The first-order valence-electron chi connectivity index (χ1n) is 7.57. The topological polar surface area (TPSA) is 68.0 Å². The summed E-state index contributed by atoms with van der Waals surface area (Å²) >= 11 is 0. The van der Waals surface area contributed by atoms with Gasteiger partial charge in [0.25, 0.3) is 0 Å². The number of nitrogens with two attached hydrogens (primary N) is 1. The second-order valence-corrected chi connectivity index (χ2v) is 5.54. The quantitative estimate of drug-likeness (QED) is 0.785. The molecule has 0 aromatic heterocycles. The molecule has 1 aromatic carbocycles. The zero-order valence-corrected chi connectivity index (χ0v) is 12.7. The number of para-hydroxylation sites is 1. The molecule has 0 radical (unpaired) electrons. The fraction of sp³-hybridized carbons (Fsp3) is 0.625. The molecular formula is C16H26N2O3. The Morgan fingerprint density at radius 3 is 3.00 bits per heavy atom. The van der Waals surface area contributed by atoms with Gasteiger partial charge in [0.05, 0.1) is 6.10 Å². The first kappa shape index (κ1) is 16.2. The van der Waals surface area contributed by atoms with Gasteiger partial charge in [-0.15, -0.1) is 0 Å². The molecule has 118 valence electrons. The van der Waals surface area contributed by atoms with E-state index in [-0.39, 0.29) is 12.7 Å². The summed E-state index contributed by atoms with van der Waals surface area (Å²) in [6.07, 6.45) is 1.99. The highest BCUT2D eigenvalue weighted by Gasteiger charge is 2.21. The number of β-amino-alcohol motifs (C(OH)–C–C–N with tert-alkyl or cyclic N) is 1. The van der Waals surface area contributed by atoms with Crippen molar-refractivity contribution in [3.8, 4) is 5.75 Å². The van der Waals surface area contributed by atoms with E-state index in [2.05, 4.69) is 4.90 Å². The van der Waals surface area contributed by atoms with Gasteiger partial charge in [-0.05, 0) is 25.5 Å². The Morgan fingerprint density at radius 1 is 1.43 bits per heavy atom. The summed E-state index contributed by atoms with van der Waals surface area (Å²) in [4.78, 5) is 2.24. The van der Waals surface area contributed by atoms with E-state index in [1.165, 1.54) is 0 Å². The van der Waals surface area contributed by atoms with Crippen LogP contribution in [0.25, 0.3) is 0 Å². The van der Waals surface area contributed by atoms with Crippen LogP contribution in [0.3, 0.4) is 0 Å². The molecule has 2 rings (SSSR count). The van der Waals surface area contributed by atoms with Crippen molar-refractivity contribution in [1.82, 2.24) is 4.90 Å². The summed E-state index contributed by atoms with van der Waals surface area (Å²) in [6, 6.07) is 7.67. The smallest absolute Gasteiger partial charge is 0.123 e. The standard InChI is InChI=1S/C16H26N2O3/c1-20-15-6-4-8-18(11-15)10-14(19)12-21-16-7-3-2-5-13(16)9-17/h2-3,5,7,14-15,19H,4,6,8-12,17H2,1H3. The molecule has 0 saturated carbocycles. The van der Waals surface area contributed by atoms with Gasteiger partial charge in [0.2, 0.25) is 0 Å². The minimum atomic E-state index is -0.508. The van der Waals surface area contributed by atoms with E-state index < -0.39 is 6.10 Å². The van der Waals surface area contributed by atoms with E-state index in [1.807, 2.05) is 24.3 Å². The van der Waals surface area contributed by atoms with Crippen molar-refractivity contribution in [2.24, 2.45) is 5.73 Å². The molecule has 0 spiro atoms. The van der Waals surface area contributed by atoms with Gasteiger partial charge in [-0.3, -0.25) is 4.90 Å². The molecule has 3 N–H and O–H groups in total. The summed E-state index contributed by atoms with van der Waals surface area (Å²) < 4.78 is 11.1. The van der Waals surface area contributed by atoms with Crippen LogP contribution in [-0.4, -0.2) is 55.6 Å². The largest absolute Gasteiger partial charge is 0.491 e. The highest BCUT2D eigenvalue weighted by Crippen LogP contribution is 2.18. The third-order valence-corrected chi connectivity index (χ3v) is 3.89. The molecule has 1 fully saturated rings. The lowest BCUT2D eigenvalue weighted by Crippen LogP contribution is -2.44. The second-order valence-electron chi connectivity index (χ2n) is 5.54. The third-order valence-electron chi connectivity index (χ3n) is 3.89. The molecule has 1 aromatic rings. The Bertz CT molecular complexity index is 428. The molecule has 5 heteroatoms. The molecule has 1 saturated heterocycles. The highest BCUT2D eigenvalue weighted by molar-refractivity contribution is 5.32. The molecule has 2 unspecified atom stereocenters. The summed E-state index contributed by atoms with van der Waals surface area (Å²) in [5.74, 6) is 0.757. The van der Waals surface area contributed by atoms with Crippen molar-refractivity contribution in [3.05, 3.63) is 29.8 Å². The molecule has 1 aliphatic heterocycles. The van der Waals surface area contributed by atoms with Gasteiger partial charge in [-0.1, -0.05) is 18.2 Å². The lowest BCUT2D eigenvalue weighted by Gasteiger charge is -2.33. The molecule has 5 nitrogen and oxygen atoms in total. The fourth-order valence-corrected chi connectivity index (χ4v) is 2.72. The molecule has 1 heterocycles. The zero-order valence-electron chi connectivity index (χ0n) is 12.7. The van der Waals surface area contributed by atoms with E-state index >= 15 is 0 Å². The summed E-state index contributed by atoms with van der Waals surface area (Å²) in [7, 11) is 1.75. The lowest BCUT2D eigenvalue weighted by atomic mass is 10.1. The highest BCUT2D eigenvalue weighted by atomic mass is 16.5. The lowest BCUT2D eigenvalue weighted by molar-refractivity contribution is 0.00438. The van der Waals surface area contributed by atoms with Crippen molar-refractivity contribution in [1.29, 1.82) is 0 Å². The number of nitrogens with zero attached hydrogens (tertiary/aromatic N) is 1. The minimum Gasteiger partial charge on any atom is -0.491 e. The summed E-state index contributed by atoms with van der Waals surface area (Å²) in [5.41, 5.74) is 6.63. The van der Waals surface area contributed by atoms with Crippen molar-refractivity contribution < 1.29 is 14.6 Å². The maximum Gasteiger partial charge on any atom is 0.123 e. The number of hydrogen-bond donors (Lipinski definition) is 2. The van der Waals surface area contributed by atoms with Crippen LogP contribution in [0.5, 0.6) is 5.75 Å². The molecule has 21 heavy (non-hydrogen) atoms. The van der Waals surface area contributed by atoms with Gasteiger partial charge in [0.1, 0.15) is 18.5 Å². The van der Waals surface area contributed by atoms with Crippen LogP contribution >= 0.6 is 0 Å². The molecule has 1 aliphatic rings. The van der Waals surface area contributed by atoms with Crippen molar-refractivity contribution in [2.75, 3.05) is 33.4 Å². The average molecular weight is 294 g/mol. The Hall–Kier alpha value is -1.14. The van der Waals surface area contributed by atoms with E-state index in [4.69, 9.17) is 15.2 Å². The van der Waals surface area contributed by atoms with Crippen LogP contribution in [-0.2, 0) is 11.3 Å². The maximum atomic E-state index is 10.1. The number of piperidine rings is 1. The monoisotopic (exact) mass is 294 g/mol. The van der Waals surface area contributed by atoms with Gasteiger partial charge in [-0.2, -0.15) is 0 Å². The fourth-order valence-electron chi connectivity index (χ4n) is 2.72. The van der Waals surface area contributed by atoms with Crippen LogP contribution in [0.2, 0.25) is 0 Å². The van der Waals surface area contributed by atoms with Gasteiger partial charge < -0.3 is 20.3 Å². The van der Waals surface area contributed by atoms with Crippen LogP contribution in [0.4, 0.5) is 0 Å². The number of benzene rings is 1. The molecule has 0 aliphatic carbocycles. The Balaban J connectivity index is 1.78. The van der Waals surface area contributed by atoms with Gasteiger partial charge >= 0.3 is 0 Å². The first-order valence-corrected chi connectivity index (χ1v) is 7.57. The van der Waals surface area contributed by atoms with Crippen molar-refractivity contribution >= 4 is 0 Å². The SMILES string of the molecule is COC1CCCN(CC(O)COc2ccccc2CN)C1. The number of ether oxygens (including phenoxy) is 2. The number of hydrogen-bond acceptors (Lipinski definition) is 5. The van der Waals surface area contributed by atoms with Gasteiger partial charge in [0.15, 0.2) is 0 Å². The predicted octanol–water partition coefficient (Wildman–Crippen LogP) is 0.996. The zero-order chi connectivity index (χ0) is 15.1. The van der Waals surface area contributed by atoms with Crippen LogP contribution in [0.15, 0.2) is 24.3 Å². The Morgan fingerprint density at radius 2 is 2.24 bits per heavy atom. The van der Waals surface area contributed by atoms with Crippen molar-refractivity contribution in [2.45, 2.75) is 31.6 Å². The second kappa shape index (κ2) is 8.34. The van der Waals surface area contributed by atoms with E-state index in [9.17, 15) is 5.11 Å².